The molecule has 0 atom stereocenters. The first-order valence-electron chi connectivity index (χ1n) is 5.55. The van der Waals surface area contributed by atoms with Crippen molar-refractivity contribution in [3.05, 3.63) is 24.2 Å². The second-order valence-electron chi connectivity index (χ2n) is 3.96. The maximum Gasteiger partial charge on any atom is 0.211 e. The second kappa shape index (κ2) is 4.19. The fourth-order valence-electron chi connectivity index (χ4n) is 1.94. The van der Waals surface area contributed by atoms with Gasteiger partial charge in [0.05, 0.1) is 6.54 Å². The first-order valence-corrected chi connectivity index (χ1v) is 5.55. The maximum atomic E-state index is 5.64. The van der Waals surface area contributed by atoms with Crippen molar-refractivity contribution in [1.29, 1.82) is 0 Å². The molecule has 0 amide bonds. The first-order chi connectivity index (χ1) is 7.92. The second-order valence-corrected chi connectivity index (χ2v) is 3.96. The zero-order chi connectivity index (χ0) is 10.8. The lowest BCUT2D eigenvalue weighted by Crippen LogP contribution is -2.42. The number of rotatable bonds is 2. The van der Waals surface area contributed by atoms with Crippen LogP contribution in [0.5, 0.6) is 0 Å². The molecule has 1 fully saturated rings. The molecule has 0 bridgehead atoms. The maximum absolute atomic E-state index is 5.64. The molecule has 2 aromatic heterocycles. The summed E-state index contributed by atoms with van der Waals surface area (Å²) in [6.07, 6.45) is 1.74. The molecule has 16 heavy (non-hydrogen) atoms. The van der Waals surface area contributed by atoms with Gasteiger partial charge in [-0.2, -0.15) is 4.98 Å². The minimum Gasteiger partial charge on any atom is -0.438 e. The van der Waals surface area contributed by atoms with Crippen LogP contribution in [0.4, 0.5) is 0 Å². The van der Waals surface area contributed by atoms with E-state index in [-0.39, 0.29) is 0 Å². The van der Waals surface area contributed by atoms with Crippen LogP contribution in [0.1, 0.15) is 5.89 Å². The van der Waals surface area contributed by atoms with Gasteiger partial charge in [-0.3, -0.25) is 4.90 Å². The van der Waals surface area contributed by atoms with Gasteiger partial charge in [0.15, 0.2) is 11.2 Å². The average Bonchev–Trinajstić information content (AvgIpc) is 2.72. The number of hydrogen-bond donors (Lipinski definition) is 1. The molecule has 0 radical (unpaired) electrons. The number of fused-ring (bicyclic) bond motifs is 1. The minimum atomic E-state index is 0.702. The predicted molar refractivity (Wildman–Crippen MR) is 60.0 cm³/mol. The summed E-state index contributed by atoms with van der Waals surface area (Å²) in [7, 11) is 0. The SMILES string of the molecule is c1cnc2nc(CN3CCNCC3)oc2c1. The number of pyridine rings is 1. The molecule has 3 heterocycles. The summed E-state index contributed by atoms with van der Waals surface area (Å²) in [6, 6.07) is 3.76. The number of hydrogen-bond acceptors (Lipinski definition) is 5. The van der Waals surface area contributed by atoms with Gasteiger partial charge in [-0.15, -0.1) is 0 Å². The molecule has 5 heteroatoms. The van der Waals surface area contributed by atoms with E-state index >= 15 is 0 Å². The molecule has 0 saturated carbocycles. The third kappa shape index (κ3) is 1.91. The summed E-state index contributed by atoms with van der Waals surface area (Å²) in [5.41, 5.74) is 1.47. The summed E-state index contributed by atoms with van der Waals surface area (Å²) in [5, 5.41) is 3.32. The third-order valence-corrected chi connectivity index (χ3v) is 2.78. The highest BCUT2D eigenvalue weighted by molar-refractivity contribution is 5.66. The van der Waals surface area contributed by atoms with Crippen LogP contribution >= 0.6 is 0 Å². The van der Waals surface area contributed by atoms with Gasteiger partial charge in [0, 0.05) is 32.4 Å². The molecule has 5 nitrogen and oxygen atoms in total. The van der Waals surface area contributed by atoms with Crippen LogP contribution in [0, 0.1) is 0 Å². The smallest absolute Gasteiger partial charge is 0.211 e. The van der Waals surface area contributed by atoms with Gasteiger partial charge in [0.2, 0.25) is 5.89 Å². The molecular weight excluding hydrogens is 204 g/mol. The highest BCUT2D eigenvalue weighted by atomic mass is 16.3. The largest absolute Gasteiger partial charge is 0.438 e. The molecule has 1 saturated heterocycles. The Morgan fingerprint density at radius 3 is 3.06 bits per heavy atom. The van der Waals surface area contributed by atoms with Crippen LogP contribution in [-0.2, 0) is 6.54 Å². The average molecular weight is 218 g/mol. The summed E-state index contributed by atoms with van der Waals surface area (Å²) < 4.78 is 5.64. The molecular formula is C11H14N4O. The predicted octanol–water partition coefficient (Wildman–Crippen LogP) is 0.628. The van der Waals surface area contributed by atoms with Crippen molar-refractivity contribution >= 4 is 11.2 Å². The van der Waals surface area contributed by atoms with E-state index in [1.54, 1.807) is 6.20 Å². The normalized spacial score (nSPS) is 18.0. The summed E-state index contributed by atoms with van der Waals surface area (Å²) in [6.45, 7) is 4.95. The molecule has 1 aliphatic rings. The van der Waals surface area contributed by atoms with Crippen molar-refractivity contribution in [2.24, 2.45) is 0 Å². The Morgan fingerprint density at radius 1 is 1.38 bits per heavy atom. The molecule has 84 valence electrons. The Bertz CT molecular complexity index is 443. The topological polar surface area (TPSA) is 54.2 Å². The van der Waals surface area contributed by atoms with Gasteiger partial charge in [-0.05, 0) is 12.1 Å². The zero-order valence-corrected chi connectivity index (χ0v) is 9.02. The molecule has 1 aliphatic heterocycles. The van der Waals surface area contributed by atoms with Gasteiger partial charge in [0.25, 0.3) is 0 Å². The Balaban J connectivity index is 1.78. The van der Waals surface area contributed by atoms with Crippen LogP contribution in [0.15, 0.2) is 22.7 Å². The van der Waals surface area contributed by atoms with Crippen LogP contribution in [0.25, 0.3) is 11.2 Å². The number of oxazole rings is 1. The highest BCUT2D eigenvalue weighted by Crippen LogP contribution is 2.13. The Hall–Kier alpha value is -1.46. The zero-order valence-electron chi connectivity index (χ0n) is 9.02. The summed E-state index contributed by atoms with van der Waals surface area (Å²) in [4.78, 5) is 10.9. The van der Waals surface area contributed by atoms with Crippen LogP contribution in [0.3, 0.4) is 0 Å². The van der Waals surface area contributed by atoms with Crippen molar-refractivity contribution < 1.29 is 4.42 Å². The molecule has 0 spiro atoms. The van der Waals surface area contributed by atoms with E-state index in [1.165, 1.54) is 0 Å². The van der Waals surface area contributed by atoms with E-state index in [9.17, 15) is 0 Å². The van der Waals surface area contributed by atoms with Crippen LogP contribution < -0.4 is 5.32 Å². The van der Waals surface area contributed by atoms with Crippen LogP contribution in [-0.4, -0.2) is 41.0 Å². The standard InChI is InChI=1S/C11H14N4O/c1-2-9-11(13-3-1)14-10(16-9)8-15-6-4-12-5-7-15/h1-3,12H,4-8H2. The van der Waals surface area contributed by atoms with Gasteiger partial charge in [-0.1, -0.05) is 0 Å². The number of nitrogens with zero attached hydrogens (tertiary/aromatic N) is 3. The van der Waals surface area contributed by atoms with Gasteiger partial charge < -0.3 is 9.73 Å². The molecule has 2 aromatic rings. The molecule has 0 aromatic carbocycles. The molecule has 0 aliphatic carbocycles. The van der Waals surface area contributed by atoms with Crippen molar-refractivity contribution in [3.63, 3.8) is 0 Å². The summed E-state index contributed by atoms with van der Waals surface area (Å²) in [5.74, 6) is 0.760. The lowest BCUT2D eigenvalue weighted by Gasteiger charge is -2.25. The number of nitrogens with one attached hydrogen (secondary N) is 1. The summed E-state index contributed by atoms with van der Waals surface area (Å²) >= 11 is 0. The van der Waals surface area contributed by atoms with Crippen molar-refractivity contribution in [2.45, 2.75) is 6.54 Å². The van der Waals surface area contributed by atoms with Crippen molar-refractivity contribution in [1.82, 2.24) is 20.2 Å². The van der Waals surface area contributed by atoms with Crippen molar-refractivity contribution in [2.75, 3.05) is 26.2 Å². The van der Waals surface area contributed by atoms with Crippen molar-refractivity contribution in [3.8, 4) is 0 Å². The van der Waals surface area contributed by atoms with E-state index < -0.39 is 0 Å². The Morgan fingerprint density at radius 2 is 2.25 bits per heavy atom. The monoisotopic (exact) mass is 218 g/mol. The minimum absolute atomic E-state index is 0.702. The Kier molecular flexibility index (Phi) is 2.55. The highest BCUT2D eigenvalue weighted by Gasteiger charge is 2.13. The molecule has 3 rings (SSSR count). The third-order valence-electron chi connectivity index (χ3n) is 2.78. The number of piperazine rings is 1. The first kappa shape index (κ1) is 9.74. The lowest BCUT2D eigenvalue weighted by molar-refractivity contribution is 0.214. The van der Waals surface area contributed by atoms with E-state index in [1.807, 2.05) is 12.1 Å². The quantitative estimate of drug-likeness (QED) is 0.801. The Labute approximate surface area is 93.5 Å². The lowest BCUT2D eigenvalue weighted by atomic mass is 10.3. The fraction of sp³-hybridized carbons (Fsp3) is 0.455. The molecule has 1 N–H and O–H groups in total. The van der Waals surface area contributed by atoms with E-state index in [2.05, 4.69) is 20.2 Å². The fourth-order valence-corrected chi connectivity index (χ4v) is 1.94. The van der Waals surface area contributed by atoms with E-state index in [0.29, 0.717) is 5.65 Å². The number of aromatic nitrogens is 2. The van der Waals surface area contributed by atoms with Gasteiger partial charge >= 0.3 is 0 Å². The van der Waals surface area contributed by atoms with E-state index in [4.69, 9.17) is 4.42 Å². The van der Waals surface area contributed by atoms with Gasteiger partial charge in [-0.25, -0.2) is 4.98 Å². The molecule has 0 unspecified atom stereocenters. The van der Waals surface area contributed by atoms with E-state index in [0.717, 1.165) is 44.2 Å². The van der Waals surface area contributed by atoms with Gasteiger partial charge in [0.1, 0.15) is 0 Å². The van der Waals surface area contributed by atoms with Crippen LogP contribution in [0.2, 0.25) is 0 Å².